The molecule has 0 saturated carbocycles. The summed E-state index contributed by atoms with van der Waals surface area (Å²) in [6.45, 7) is 4.48. The molecule has 1 aromatic carbocycles. The highest BCUT2D eigenvalue weighted by atomic mass is 14.2. The van der Waals surface area contributed by atoms with Crippen molar-refractivity contribution < 1.29 is 0 Å². The molecule has 0 spiro atoms. The van der Waals surface area contributed by atoms with Gasteiger partial charge in [0, 0.05) is 5.92 Å². The summed E-state index contributed by atoms with van der Waals surface area (Å²) in [5.41, 5.74) is 4.32. The van der Waals surface area contributed by atoms with Crippen molar-refractivity contribution in [1.29, 1.82) is 0 Å². The van der Waals surface area contributed by atoms with E-state index >= 15 is 0 Å². The Kier molecular flexibility index (Phi) is 4.58. The van der Waals surface area contributed by atoms with E-state index in [1.54, 1.807) is 0 Å². The van der Waals surface area contributed by atoms with Gasteiger partial charge >= 0.3 is 0 Å². The maximum atomic E-state index is 2.30. The minimum Gasteiger partial charge on any atom is -0.0807 e. The van der Waals surface area contributed by atoms with Gasteiger partial charge in [-0.2, -0.15) is 0 Å². The molecule has 0 heterocycles. The molecular formula is C18H22. The highest BCUT2D eigenvalue weighted by Gasteiger charge is 2.15. The van der Waals surface area contributed by atoms with Gasteiger partial charge in [0.1, 0.15) is 0 Å². The van der Waals surface area contributed by atoms with Crippen LogP contribution in [0.25, 0.3) is 0 Å². The molecule has 1 unspecified atom stereocenters. The summed E-state index contributed by atoms with van der Waals surface area (Å²) < 4.78 is 0. The minimum absolute atomic E-state index is 0.537. The first-order valence-electron chi connectivity index (χ1n) is 6.91. The lowest BCUT2D eigenvalue weighted by atomic mass is 9.84. The van der Waals surface area contributed by atoms with Crippen LogP contribution in [0.1, 0.15) is 43.2 Å². The van der Waals surface area contributed by atoms with E-state index < -0.39 is 0 Å². The van der Waals surface area contributed by atoms with E-state index in [0.29, 0.717) is 5.92 Å². The molecule has 1 atom stereocenters. The van der Waals surface area contributed by atoms with Crippen LogP contribution in [0.5, 0.6) is 0 Å². The second-order valence-corrected chi connectivity index (χ2v) is 4.93. The molecule has 0 N–H and O–H groups in total. The van der Waals surface area contributed by atoms with E-state index in [-0.39, 0.29) is 0 Å². The summed E-state index contributed by atoms with van der Waals surface area (Å²) in [4.78, 5) is 0. The first-order valence-corrected chi connectivity index (χ1v) is 6.91. The van der Waals surface area contributed by atoms with Crippen molar-refractivity contribution in [1.82, 2.24) is 0 Å². The molecule has 0 aromatic heterocycles. The standard InChI is InChI=1S/C18H22/c1-3-10-18(16-12-6-4-5-7-13-16)17-14-9-8-11-15(17)2/h4,6-9,11-14,18H,3,5,10H2,1-2H3. The summed E-state index contributed by atoms with van der Waals surface area (Å²) in [5.74, 6) is 0.537. The van der Waals surface area contributed by atoms with Crippen molar-refractivity contribution in [2.24, 2.45) is 0 Å². The molecule has 0 amide bonds. The third-order valence-corrected chi connectivity index (χ3v) is 3.55. The van der Waals surface area contributed by atoms with Crippen LogP contribution in [-0.2, 0) is 0 Å². The highest BCUT2D eigenvalue weighted by molar-refractivity contribution is 5.41. The summed E-state index contributed by atoms with van der Waals surface area (Å²) in [6.07, 6.45) is 14.7. The average molecular weight is 238 g/mol. The van der Waals surface area contributed by atoms with E-state index in [1.165, 1.54) is 29.5 Å². The summed E-state index contributed by atoms with van der Waals surface area (Å²) >= 11 is 0. The molecular weight excluding hydrogens is 216 g/mol. The molecule has 1 aliphatic carbocycles. The van der Waals surface area contributed by atoms with E-state index in [0.717, 1.165) is 6.42 Å². The average Bonchev–Trinajstić information content (AvgIpc) is 2.66. The molecule has 0 bridgehead atoms. The Morgan fingerprint density at radius 2 is 2.00 bits per heavy atom. The Labute approximate surface area is 111 Å². The number of aryl methyl sites for hydroxylation is 1. The fourth-order valence-electron chi connectivity index (χ4n) is 2.60. The Morgan fingerprint density at radius 1 is 1.17 bits per heavy atom. The maximum absolute atomic E-state index is 2.30. The van der Waals surface area contributed by atoms with Crippen LogP contribution >= 0.6 is 0 Å². The van der Waals surface area contributed by atoms with E-state index in [2.05, 4.69) is 68.5 Å². The zero-order valence-electron chi connectivity index (χ0n) is 11.4. The molecule has 0 fully saturated rings. The van der Waals surface area contributed by atoms with Crippen molar-refractivity contribution in [3.8, 4) is 0 Å². The predicted octanol–water partition coefficient (Wildman–Crippen LogP) is 5.32. The van der Waals surface area contributed by atoms with E-state index in [1.807, 2.05) is 0 Å². The lowest BCUT2D eigenvalue weighted by molar-refractivity contribution is 0.694. The van der Waals surface area contributed by atoms with Crippen molar-refractivity contribution in [3.05, 3.63) is 71.3 Å². The Bertz CT molecular complexity index is 475. The zero-order chi connectivity index (χ0) is 12.8. The van der Waals surface area contributed by atoms with Gasteiger partial charge in [-0.25, -0.2) is 0 Å². The SMILES string of the molecule is CCCC(C1=CC=CCC=C1)c1ccccc1C. The Morgan fingerprint density at radius 3 is 2.78 bits per heavy atom. The van der Waals surface area contributed by atoms with Gasteiger partial charge in [-0.15, -0.1) is 0 Å². The second-order valence-electron chi connectivity index (χ2n) is 4.93. The topological polar surface area (TPSA) is 0 Å². The molecule has 1 aromatic rings. The van der Waals surface area contributed by atoms with Crippen LogP contribution in [0.2, 0.25) is 0 Å². The smallest absolute Gasteiger partial charge is 0.00917 e. The van der Waals surface area contributed by atoms with Crippen LogP contribution in [0.15, 0.2) is 60.2 Å². The number of hydrogen-bond acceptors (Lipinski definition) is 0. The van der Waals surface area contributed by atoms with Crippen molar-refractivity contribution in [2.45, 2.75) is 39.0 Å². The minimum atomic E-state index is 0.537. The van der Waals surface area contributed by atoms with Crippen LogP contribution in [0.4, 0.5) is 0 Å². The fourth-order valence-corrected chi connectivity index (χ4v) is 2.60. The van der Waals surface area contributed by atoms with Crippen LogP contribution in [0.3, 0.4) is 0 Å². The lowest BCUT2D eigenvalue weighted by Gasteiger charge is -2.20. The second kappa shape index (κ2) is 6.39. The molecule has 0 saturated heterocycles. The summed E-state index contributed by atoms with van der Waals surface area (Å²) in [6, 6.07) is 8.77. The monoisotopic (exact) mass is 238 g/mol. The van der Waals surface area contributed by atoms with Gasteiger partial charge in [0.2, 0.25) is 0 Å². The van der Waals surface area contributed by atoms with Crippen LogP contribution in [-0.4, -0.2) is 0 Å². The third-order valence-electron chi connectivity index (χ3n) is 3.55. The van der Waals surface area contributed by atoms with Gasteiger partial charge in [0.05, 0.1) is 0 Å². The zero-order valence-corrected chi connectivity index (χ0v) is 11.4. The maximum Gasteiger partial charge on any atom is 0.00917 e. The number of rotatable bonds is 4. The van der Waals surface area contributed by atoms with Crippen molar-refractivity contribution in [2.75, 3.05) is 0 Å². The largest absolute Gasteiger partial charge is 0.0807 e. The molecule has 0 heteroatoms. The highest BCUT2D eigenvalue weighted by Crippen LogP contribution is 2.32. The first kappa shape index (κ1) is 12.9. The van der Waals surface area contributed by atoms with Crippen molar-refractivity contribution in [3.63, 3.8) is 0 Å². The van der Waals surface area contributed by atoms with Crippen molar-refractivity contribution >= 4 is 0 Å². The number of benzene rings is 1. The van der Waals surface area contributed by atoms with Gasteiger partial charge in [0.15, 0.2) is 0 Å². The van der Waals surface area contributed by atoms with Gasteiger partial charge in [-0.1, -0.05) is 68.0 Å². The lowest BCUT2D eigenvalue weighted by Crippen LogP contribution is -2.03. The summed E-state index contributed by atoms with van der Waals surface area (Å²) in [5, 5.41) is 0. The molecule has 0 radical (unpaired) electrons. The summed E-state index contributed by atoms with van der Waals surface area (Å²) in [7, 11) is 0. The van der Waals surface area contributed by atoms with Gasteiger partial charge in [0.25, 0.3) is 0 Å². The molecule has 18 heavy (non-hydrogen) atoms. The number of allylic oxidation sites excluding steroid dienone is 6. The molecule has 1 aliphatic rings. The Hall–Kier alpha value is -1.56. The Balaban J connectivity index is 2.37. The normalized spacial score (nSPS) is 16.2. The quantitative estimate of drug-likeness (QED) is 0.666. The van der Waals surface area contributed by atoms with E-state index in [4.69, 9.17) is 0 Å². The molecule has 0 aliphatic heterocycles. The van der Waals surface area contributed by atoms with E-state index in [9.17, 15) is 0 Å². The van der Waals surface area contributed by atoms with Gasteiger partial charge < -0.3 is 0 Å². The molecule has 94 valence electrons. The number of hydrogen-bond donors (Lipinski definition) is 0. The third kappa shape index (κ3) is 3.01. The fraction of sp³-hybridized carbons (Fsp3) is 0.333. The first-order chi connectivity index (χ1) is 8.83. The van der Waals surface area contributed by atoms with Crippen LogP contribution in [0, 0.1) is 6.92 Å². The van der Waals surface area contributed by atoms with Gasteiger partial charge in [-0.3, -0.25) is 0 Å². The van der Waals surface area contributed by atoms with Crippen LogP contribution < -0.4 is 0 Å². The molecule has 0 nitrogen and oxygen atoms in total. The van der Waals surface area contributed by atoms with Gasteiger partial charge in [-0.05, 0) is 36.5 Å². The predicted molar refractivity (Wildman–Crippen MR) is 79.8 cm³/mol. The molecule has 2 rings (SSSR count).